The molecule has 4 aromatic carbocycles. The van der Waals surface area contributed by atoms with Gasteiger partial charge in [0.25, 0.3) is 0 Å². The van der Waals surface area contributed by atoms with E-state index in [1.165, 1.54) is 6.92 Å². The van der Waals surface area contributed by atoms with E-state index in [0.29, 0.717) is 6.54 Å². The number of amides is 1. The van der Waals surface area contributed by atoms with Gasteiger partial charge in [0.2, 0.25) is 5.91 Å². The molecule has 5 aromatic rings. The molecule has 1 aromatic heterocycles. The molecule has 9 nitrogen and oxygen atoms in total. The van der Waals surface area contributed by atoms with Gasteiger partial charge in [-0.25, -0.2) is 4.79 Å². The first-order valence-electron chi connectivity index (χ1n) is 16.8. The summed E-state index contributed by atoms with van der Waals surface area (Å²) in [6.07, 6.45) is 1.77. The van der Waals surface area contributed by atoms with Gasteiger partial charge >= 0.3 is 5.69 Å². The Morgan fingerprint density at radius 2 is 1.62 bits per heavy atom. The minimum Gasteiger partial charge on any atom is -0.392 e. The predicted molar refractivity (Wildman–Crippen MR) is 185 cm³/mol. The van der Waals surface area contributed by atoms with Crippen molar-refractivity contribution in [2.75, 3.05) is 19.6 Å². The Morgan fingerprint density at radius 1 is 0.875 bits per heavy atom. The van der Waals surface area contributed by atoms with Crippen LogP contribution in [0.1, 0.15) is 66.9 Å². The van der Waals surface area contributed by atoms with Crippen molar-refractivity contribution in [2.45, 2.75) is 63.9 Å². The third kappa shape index (κ3) is 7.15. The first kappa shape index (κ1) is 32.0. The van der Waals surface area contributed by atoms with Crippen molar-refractivity contribution in [3.05, 3.63) is 130 Å². The summed E-state index contributed by atoms with van der Waals surface area (Å²) in [6.45, 7) is 4.56. The average molecular weight is 647 g/mol. The van der Waals surface area contributed by atoms with Gasteiger partial charge in [-0.15, -0.1) is 0 Å². The van der Waals surface area contributed by atoms with Crippen LogP contribution in [0.25, 0.3) is 22.2 Å². The first-order valence-corrected chi connectivity index (χ1v) is 16.8. The average Bonchev–Trinajstić information content (AvgIpc) is 3.46. The topological polar surface area (TPSA) is 109 Å². The monoisotopic (exact) mass is 646 g/mol. The number of carbonyl (C=O) groups is 1. The van der Waals surface area contributed by atoms with Gasteiger partial charge in [-0.2, -0.15) is 0 Å². The molecular weight excluding hydrogens is 604 g/mol. The first-order chi connectivity index (χ1) is 23.4. The van der Waals surface area contributed by atoms with Crippen LogP contribution in [0.3, 0.4) is 0 Å². The summed E-state index contributed by atoms with van der Waals surface area (Å²) in [5.74, 6) is -0.0510. The van der Waals surface area contributed by atoms with Crippen LogP contribution in [0.15, 0.2) is 102 Å². The van der Waals surface area contributed by atoms with Crippen LogP contribution in [0, 0.1) is 0 Å². The number of para-hydroxylation sites is 2. The van der Waals surface area contributed by atoms with Crippen molar-refractivity contribution in [3.63, 3.8) is 0 Å². The Hall–Kier alpha value is -4.54. The molecule has 3 atom stereocenters. The number of aromatic nitrogens is 2. The maximum absolute atomic E-state index is 12.8. The minimum atomic E-state index is -0.534. The number of carbonyl (C=O) groups excluding carboxylic acids is 1. The number of aliphatic hydroxyl groups excluding tert-OH is 1. The highest BCUT2D eigenvalue weighted by atomic mass is 16.7. The van der Waals surface area contributed by atoms with Crippen molar-refractivity contribution in [1.82, 2.24) is 19.8 Å². The van der Waals surface area contributed by atoms with Crippen LogP contribution in [-0.4, -0.2) is 51.2 Å². The molecule has 3 heterocycles. The number of aliphatic hydroxyl groups is 1. The molecule has 2 aliphatic heterocycles. The van der Waals surface area contributed by atoms with E-state index in [9.17, 15) is 14.7 Å². The zero-order valence-electron chi connectivity index (χ0n) is 27.2. The summed E-state index contributed by atoms with van der Waals surface area (Å²) in [4.78, 5) is 29.7. The summed E-state index contributed by atoms with van der Waals surface area (Å²) >= 11 is 0. The summed E-state index contributed by atoms with van der Waals surface area (Å²) < 4.78 is 15.2. The van der Waals surface area contributed by atoms with Crippen LogP contribution in [0.4, 0.5) is 0 Å². The zero-order chi connectivity index (χ0) is 33.0. The van der Waals surface area contributed by atoms with Gasteiger partial charge in [-0.05, 0) is 58.9 Å². The molecule has 0 aliphatic carbocycles. The summed E-state index contributed by atoms with van der Waals surface area (Å²) in [6, 6.07) is 32.5. The lowest BCUT2D eigenvalue weighted by atomic mass is 9.98. The molecule has 0 saturated carbocycles. The Labute approximate surface area is 280 Å². The molecule has 0 spiro atoms. The lowest BCUT2D eigenvalue weighted by Crippen LogP contribution is -2.43. The van der Waals surface area contributed by atoms with E-state index in [1.807, 2.05) is 65.2 Å². The Bertz CT molecular complexity index is 1910. The number of ether oxygens (including phenoxy) is 2. The van der Waals surface area contributed by atoms with Crippen molar-refractivity contribution in [3.8, 4) is 11.1 Å². The van der Waals surface area contributed by atoms with Crippen molar-refractivity contribution in [1.29, 1.82) is 0 Å². The van der Waals surface area contributed by atoms with E-state index in [-0.39, 0.29) is 36.5 Å². The fraction of sp³-hybridized carbons (Fsp3) is 0.333. The highest BCUT2D eigenvalue weighted by Crippen LogP contribution is 2.39. The lowest BCUT2D eigenvalue weighted by Gasteiger charge is -2.40. The molecule has 1 amide bonds. The van der Waals surface area contributed by atoms with Crippen molar-refractivity contribution in [2.24, 2.45) is 0 Å². The molecule has 248 valence electrons. The van der Waals surface area contributed by atoms with Gasteiger partial charge in [0.1, 0.15) is 0 Å². The quantitative estimate of drug-likeness (QED) is 0.181. The molecule has 7 rings (SSSR count). The molecule has 48 heavy (non-hydrogen) atoms. The number of H-pyrrole nitrogens is 1. The summed E-state index contributed by atoms with van der Waals surface area (Å²) in [5, 5.41) is 12.4. The number of imidazole rings is 1. The molecule has 0 radical (unpaired) electrons. The number of hydrogen-bond acceptors (Lipinski definition) is 6. The third-order valence-electron chi connectivity index (χ3n) is 9.61. The standard InChI is InChI=1S/C39H42N4O5/c1-26(45)40-23-28-5-4-6-32(21-28)29-13-15-31(16-14-29)38-47-34(22-37(48-38)30-11-9-27(25-44)10-12-30)24-42-19-17-33(18-20-42)43-36-8-3-2-7-35(36)41-39(43)46/h2-16,21,33-34,37-38,44H,17-20,22-25H2,1H3,(H,40,45)(H,41,46). The SMILES string of the molecule is CC(=O)NCc1cccc(-c2ccc(C3OC(CN4CCC(n5c(=O)[nH]c6ccccc65)CC4)CC(c4ccc(CO)cc4)O3)cc2)c1. The van der Waals surface area contributed by atoms with Crippen LogP contribution in [0.5, 0.6) is 0 Å². The third-order valence-corrected chi connectivity index (χ3v) is 9.61. The summed E-state index contributed by atoms with van der Waals surface area (Å²) in [7, 11) is 0. The van der Waals surface area contributed by atoms with E-state index in [1.54, 1.807) is 0 Å². The van der Waals surface area contributed by atoms with Gasteiger partial charge in [0.05, 0.1) is 29.8 Å². The fourth-order valence-electron chi connectivity index (χ4n) is 7.04. The van der Waals surface area contributed by atoms with Crippen LogP contribution in [0.2, 0.25) is 0 Å². The number of nitrogens with zero attached hydrogens (tertiary/aromatic N) is 2. The number of piperidine rings is 1. The van der Waals surface area contributed by atoms with Gasteiger partial charge in [0.15, 0.2) is 6.29 Å². The number of rotatable bonds is 9. The number of nitrogens with one attached hydrogen (secondary N) is 2. The van der Waals surface area contributed by atoms with E-state index in [4.69, 9.17) is 9.47 Å². The van der Waals surface area contributed by atoms with Gasteiger partial charge in [0, 0.05) is 51.1 Å². The second-order valence-corrected chi connectivity index (χ2v) is 12.9. The second-order valence-electron chi connectivity index (χ2n) is 12.9. The lowest BCUT2D eigenvalue weighted by molar-refractivity contribution is -0.253. The fourth-order valence-corrected chi connectivity index (χ4v) is 7.04. The van der Waals surface area contributed by atoms with Crippen LogP contribution in [-0.2, 0) is 27.4 Å². The highest BCUT2D eigenvalue weighted by molar-refractivity contribution is 5.75. The van der Waals surface area contributed by atoms with Gasteiger partial charge in [-0.3, -0.25) is 9.36 Å². The maximum atomic E-state index is 12.8. The van der Waals surface area contributed by atoms with E-state index in [2.05, 4.69) is 51.6 Å². The molecule has 3 unspecified atom stereocenters. The minimum absolute atomic E-state index is 0.00326. The number of hydrogen-bond donors (Lipinski definition) is 3. The molecule has 3 N–H and O–H groups in total. The van der Waals surface area contributed by atoms with E-state index < -0.39 is 6.29 Å². The van der Waals surface area contributed by atoms with Crippen LogP contribution < -0.4 is 11.0 Å². The van der Waals surface area contributed by atoms with E-state index >= 15 is 0 Å². The Kier molecular flexibility index (Phi) is 9.54. The van der Waals surface area contributed by atoms with Gasteiger partial charge < -0.3 is 29.8 Å². The molecule has 9 heteroatoms. The maximum Gasteiger partial charge on any atom is 0.326 e. The molecule has 2 fully saturated rings. The Balaban J connectivity index is 1.06. The zero-order valence-corrected chi connectivity index (χ0v) is 27.2. The number of likely N-dealkylation sites (tertiary alicyclic amines) is 1. The molecular formula is C39H42N4O5. The summed E-state index contributed by atoms with van der Waals surface area (Å²) in [5.41, 5.74) is 7.89. The Morgan fingerprint density at radius 3 is 2.38 bits per heavy atom. The largest absolute Gasteiger partial charge is 0.392 e. The molecule has 2 aliphatic rings. The highest BCUT2D eigenvalue weighted by Gasteiger charge is 2.34. The van der Waals surface area contributed by atoms with E-state index in [0.717, 1.165) is 83.3 Å². The second kappa shape index (κ2) is 14.3. The molecule has 2 saturated heterocycles. The molecule has 0 bridgehead atoms. The normalized spacial score (nSPS) is 20.6. The number of fused-ring (bicyclic) bond motifs is 1. The van der Waals surface area contributed by atoms with Crippen LogP contribution >= 0.6 is 0 Å². The predicted octanol–water partition coefficient (Wildman–Crippen LogP) is 6.01. The number of aromatic amines is 1. The smallest absolute Gasteiger partial charge is 0.326 e. The number of benzene rings is 4. The van der Waals surface area contributed by atoms with Gasteiger partial charge in [-0.1, -0.05) is 78.9 Å². The van der Waals surface area contributed by atoms with Crippen molar-refractivity contribution < 1.29 is 19.4 Å². The van der Waals surface area contributed by atoms with Crippen molar-refractivity contribution >= 4 is 16.9 Å².